The molecule has 4 rings (SSSR count). The lowest BCUT2D eigenvalue weighted by Crippen LogP contribution is -2.00. The molecule has 0 amide bonds. The molecule has 0 aliphatic heterocycles. The first kappa shape index (κ1) is 13.1. The number of hydrogen-bond donors (Lipinski definition) is 1. The Bertz CT molecular complexity index is 915. The molecule has 0 radical (unpaired) electrons. The van der Waals surface area contributed by atoms with Crippen molar-refractivity contribution in [3.8, 4) is 16.9 Å². The Morgan fingerprint density at radius 3 is 2.86 bits per heavy atom. The molecular formula is C17H11ClN2O2. The van der Waals surface area contributed by atoms with Crippen LogP contribution in [0.4, 0.5) is 0 Å². The van der Waals surface area contributed by atoms with Gasteiger partial charge >= 0.3 is 5.97 Å². The number of rotatable bonds is 2. The van der Waals surface area contributed by atoms with Gasteiger partial charge in [-0.3, -0.25) is 0 Å². The summed E-state index contributed by atoms with van der Waals surface area (Å²) in [5, 5.41) is 14.4. The summed E-state index contributed by atoms with van der Waals surface area (Å²) in [5.41, 5.74) is 5.32. The molecule has 0 unspecified atom stereocenters. The van der Waals surface area contributed by atoms with Crippen molar-refractivity contribution in [1.82, 2.24) is 9.78 Å². The number of aromatic carboxylic acids is 1. The number of halogens is 1. The van der Waals surface area contributed by atoms with E-state index in [-0.39, 0.29) is 5.56 Å². The van der Waals surface area contributed by atoms with Gasteiger partial charge in [-0.15, -0.1) is 0 Å². The van der Waals surface area contributed by atoms with E-state index in [4.69, 9.17) is 16.7 Å². The predicted octanol–water partition coefficient (Wildman–Crippen LogP) is 3.80. The first-order chi connectivity index (χ1) is 10.6. The monoisotopic (exact) mass is 310 g/mol. The average Bonchev–Trinajstić information content (AvgIpc) is 3.04. The highest BCUT2D eigenvalue weighted by molar-refractivity contribution is 6.30. The lowest BCUT2D eigenvalue weighted by molar-refractivity contribution is 0.0697. The summed E-state index contributed by atoms with van der Waals surface area (Å²) in [6.45, 7) is 0. The normalized spacial score (nSPS) is 12.0. The van der Waals surface area contributed by atoms with E-state index in [2.05, 4.69) is 5.10 Å². The highest BCUT2D eigenvalue weighted by Crippen LogP contribution is 2.37. The molecule has 108 valence electrons. The molecule has 1 heterocycles. The molecule has 0 saturated heterocycles. The molecule has 0 fully saturated rings. The molecule has 0 bridgehead atoms. The molecule has 4 nitrogen and oxygen atoms in total. The molecule has 5 heteroatoms. The van der Waals surface area contributed by atoms with Gasteiger partial charge in [0.1, 0.15) is 0 Å². The molecular weight excluding hydrogens is 300 g/mol. The van der Waals surface area contributed by atoms with Crippen LogP contribution < -0.4 is 0 Å². The maximum Gasteiger partial charge on any atom is 0.335 e. The standard InChI is InChI=1S/C17H11ClN2O2/c18-13-4-5-15-11(7-13)6-12-9-20(19-16(12)15)14-3-1-2-10(8-14)17(21)22/h1-5,7-9H,6H2,(H,21,22). The van der Waals surface area contributed by atoms with Crippen LogP contribution in [0.2, 0.25) is 5.02 Å². The van der Waals surface area contributed by atoms with Crippen LogP contribution in [0.3, 0.4) is 0 Å². The second-order valence-corrected chi connectivity index (χ2v) is 5.72. The van der Waals surface area contributed by atoms with Gasteiger partial charge in [-0.1, -0.05) is 23.7 Å². The summed E-state index contributed by atoms with van der Waals surface area (Å²) in [6.07, 6.45) is 2.74. The average molecular weight is 311 g/mol. The summed E-state index contributed by atoms with van der Waals surface area (Å²) < 4.78 is 1.73. The maximum atomic E-state index is 11.1. The van der Waals surface area contributed by atoms with Crippen molar-refractivity contribution in [3.63, 3.8) is 0 Å². The fourth-order valence-electron chi connectivity index (χ4n) is 2.82. The number of fused-ring (bicyclic) bond motifs is 3. The van der Waals surface area contributed by atoms with Gasteiger partial charge in [-0.05, 0) is 35.9 Å². The van der Waals surface area contributed by atoms with Gasteiger partial charge in [0.15, 0.2) is 0 Å². The number of hydrogen-bond acceptors (Lipinski definition) is 2. The first-order valence-electron chi connectivity index (χ1n) is 6.83. The van der Waals surface area contributed by atoms with Crippen LogP contribution in [0.15, 0.2) is 48.7 Å². The van der Waals surface area contributed by atoms with Crippen LogP contribution in [-0.2, 0) is 6.42 Å². The quantitative estimate of drug-likeness (QED) is 0.613. The Morgan fingerprint density at radius 2 is 2.05 bits per heavy atom. The van der Waals surface area contributed by atoms with Crippen molar-refractivity contribution >= 4 is 17.6 Å². The SMILES string of the molecule is O=C(O)c1cccc(-n2cc3c(n2)-c2ccc(Cl)cc2C3)c1. The number of carbonyl (C=O) groups is 1. The van der Waals surface area contributed by atoms with E-state index in [9.17, 15) is 4.79 Å². The molecule has 22 heavy (non-hydrogen) atoms. The van der Waals surface area contributed by atoms with E-state index in [1.54, 1.807) is 22.9 Å². The minimum Gasteiger partial charge on any atom is -0.478 e. The summed E-state index contributed by atoms with van der Waals surface area (Å²) >= 11 is 6.03. The van der Waals surface area contributed by atoms with Crippen LogP contribution in [0.5, 0.6) is 0 Å². The van der Waals surface area contributed by atoms with Crippen molar-refractivity contribution in [2.24, 2.45) is 0 Å². The largest absolute Gasteiger partial charge is 0.478 e. The van der Waals surface area contributed by atoms with Crippen LogP contribution in [0, 0.1) is 0 Å². The Morgan fingerprint density at radius 1 is 1.18 bits per heavy atom. The van der Waals surface area contributed by atoms with E-state index in [0.29, 0.717) is 0 Å². The predicted molar refractivity (Wildman–Crippen MR) is 83.8 cm³/mol. The van der Waals surface area contributed by atoms with Crippen molar-refractivity contribution in [1.29, 1.82) is 0 Å². The van der Waals surface area contributed by atoms with E-state index >= 15 is 0 Å². The third-order valence-corrected chi connectivity index (χ3v) is 4.09. The molecule has 0 spiro atoms. The van der Waals surface area contributed by atoms with Crippen molar-refractivity contribution < 1.29 is 9.90 Å². The summed E-state index contributed by atoms with van der Waals surface area (Å²) in [5.74, 6) is -0.943. The Labute approximate surface area is 131 Å². The van der Waals surface area contributed by atoms with Gasteiger partial charge in [0.2, 0.25) is 0 Å². The fraction of sp³-hybridized carbons (Fsp3) is 0.0588. The van der Waals surface area contributed by atoms with E-state index < -0.39 is 5.97 Å². The molecule has 1 aliphatic carbocycles. The fourth-order valence-corrected chi connectivity index (χ4v) is 3.02. The van der Waals surface area contributed by atoms with Crippen molar-refractivity contribution in [3.05, 3.63) is 70.4 Å². The van der Waals surface area contributed by atoms with Crippen LogP contribution in [0.1, 0.15) is 21.5 Å². The number of aromatic nitrogens is 2. The van der Waals surface area contributed by atoms with Gasteiger partial charge in [-0.25, -0.2) is 9.48 Å². The number of benzene rings is 2. The minimum atomic E-state index is -0.943. The number of nitrogens with zero attached hydrogens (tertiary/aromatic N) is 2. The zero-order valence-corrected chi connectivity index (χ0v) is 12.2. The van der Waals surface area contributed by atoms with Crippen LogP contribution >= 0.6 is 11.6 Å². The van der Waals surface area contributed by atoms with Crippen molar-refractivity contribution in [2.45, 2.75) is 6.42 Å². The Balaban J connectivity index is 1.79. The summed E-state index contributed by atoms with van der Waals surface area (Å²) in [7, 11) is 0. The van der Waals surface area contributed by atoms with E-state index in [1.165, 1.54) is 5.56 Å². The topological polar surface area (TPSA) is 55.1 Å². The zero-order valence-electron chi connectivity index (χ0n) is 11.5. The molecule has 1 aromatic heterocycles. The number of carboxylic acids is 1. The summed E-state index contributed by atoms with van der Waals surface area (Å²) in [4.78, 5) is 11.1. The lowest BCUT2D eigenvalue weighted by atomic mass is 10.1. The smallest absolute Gasteiger partial charge is 0.335 e. The van der Waals surface area contributed by atoms with Crippen molar-refractivity contribution in [2.75, 3.05) is 0 Å². The van der Waals surface area contributed by atoms with Gasteiger partial charge < -0.3 is 5.11 Å². The van der Waals surface area contributed by atoms with Crippen LogP contribution in [0.25, 0.3) is 16.9 Å². The van der Waals surface area contributed by atoms with Gasteiger partial charge in [0.25, 0.3) is 0 Å². The molecule has 3 aromatic rings. The zero-order chi connectivity index (χ0) is 15.3. The van der Waals surface area contributed by atoms with E-state index in [0.717, 1.165) is 34.0 Å². The van der Waals surface area contributed by atoms with Crippen LogP contribution in [-0.4, -0.2) is 20.9 Å². The molecule has 1 aliphatic rings. The molecule has 2 aromatic carbocycles. The Hall–Kier alpha value is -2.59. The second kappa shape index (κ2) is 4.71. The molecule has 0 saturated carbocycles. The van der Waals surface area contributed by atoms with Gasteiger partial charge in [-0.2, -0.15) is 5.10 Å². The molecule has 1 N–H and O–H groups in total. The Kier molecular flexibility index (Phi) is 2.81. The van der Waals surface area contributed by atoms with Gasteiger partial charge in [0, 0.05) is 28.8 Å². The van der Waals surface area contributed by atoms with Gasteiger partial charge in [0.05, 0.1) is 16.9 Å². The highest BCUT2D eigenvalue weighted by Gasteiger charge is 2.22. The molecule has 0 atom stereocenters. The second-order valence-electron chi connectivity index (χ2n) is 5.28. The summed E-state index contributed by atoms with van der Waals surface area (Å²) in [6, 6.07) is 12.6. The third-order valence-electron chi connectivity index (χ3n) is 3.85. The maximum absolute atomic E-state index is 11.1. The minimum absolute atomic E-state index is 0.250. The number of carboxylic acid groups (broad SMARTS) is 1. The highest BCUT2D eigenvalue weighted by atomic mass is 35.5. The third kappa shape index (κ3) is 2.00. The van der Waals surface area contributed by atoms with E-state index in [1.807, 2.05) is 30.5 Å². The first-order valence-corrected chi connectivity index (χ1v) is 7.21. The lowest BCUT2D eigenvalue weighted by Gasteiger charge is -2.04.